The molecule has 1 aliphatic rings. The van der Waals surface area contributed by atoms with Gasteiger partial charge in [0.1, 0.15) is 0 Å². The van der Waals surface area contributed by atoms with E-state index in [1.807, 2.05) is 0 Å². The fourth-order valence-corrected chi connectivity index (χ4v) is 3.36. The molecule has 1 saturated heterocycles. The van der Waals surface area contributed by atoms with Crippen LogP contribution in [0.2, 0.25) is 0 Å². The summed E-state index contributed by atoms with van der Waals surface area (Å²) < 4.78 is 22.4. The van der Waals surface area contributed by atoms with Crippen LogP contribution >= 0.6 is 0 Å². The third kappa shape index (κ3) is 4.00. The monoisotopic (exact) mass is 248 g/mol. The lowest BCUT2D eigenvalue weighted by molar-refractivity contribution is 0.205. The summed E-state index contributed by atoms with van der Waals surface area (Å²) in [6.07, 6.45) is 2.54. The number of urea groups is 1. The van der Waals surface area contributed by atoms with E-state index in [4.69, 9.17) is 0 Å². The Morgan fingerprint density at radius 1 is 1.50 bits per heavy atom. The van der Waals surface area contributed by atoms with Crippen molar-refractivity contribution >= 4 is 15.9 Å². The molecule has 0 saturated carbocycles. The first-order chi connectivity index (χ1) is 7.44. The Hall–Kier alpha value is -0.780. The van der Waals surface area contributed by atoms with Gasteiger partial charge in [-0.25, -0.2) is 13.2 Å². The number of unbranched alkanes of at least 4 members (excludes halogenated alkanes) is 1. The van der Waals surface area contributed by atoms with Crippen molar-refractivity contribution in [3.63, 3.8) is 0 Å². The van der Waals surface area contributed by atoms with Gasteiger partial charge in [0.05, 0.1) is 11.5 Å². The Labute approximate surface area is 97.1 Å². The molecule has 0 aromatic rings. The molecule has 1 atom stereocenters. The fraction of sp³-hybridized carbons (Fsp3) is 0.900. The number of carbonyl (C=O) groups is 1. The quantitative estimate of drug-likeness (QED) is 0.793. The second-order valence-corrected chi connectivity index (χ2v) is 6.55. The molecular weight excluding hydrogens is 228 g/mol. The Balaban J connectivity index is 2.35. The first-order valence-electron chi connectivity index (χ1n) is 5.66. The van der Waals surface area contributed by atoms with Gasteiger partial charge in [0, 0.05) is 19.6 Å². The Morgan fingerprint density at radius 2 is 2.19 bits per heavy atom. The van der Waals surface area contributed by atoms with E-state index in [1.54, 1.807) is 11.9 Å². The third-order valence-corrected chi connectivity index (χ3v) is 4.52. The minimum absolute atomic E-state index is 0.0837. The van der Waals surface area contributed by atoms with Gasteiger partial charge in [-0.3, -0.25) is 0 Å². The van der Waals surface area contributed by atoms with E-state index in [0.29, 0.717) is 13.0 Å². The van der Waals surface area contributed by atoms with Crippen molar-refractivity contribution in [1.29, 1.82) is 0 Å². The van der Waals surface area contributed by atoms with Crippen LogP contribution in [0.5, 0.6) is 0 Å². The highest BCUT2D eigenvalue weighted by molar-refractivity contribution is 7.91. The van der Waals surface area contributed by atoms with Gasteiger partial charge < -0.3 is 10.2 Å². The highest BCUT2D eigenvalue weighted by Gasteiger charge is 2.29. The molecule has 0 bridgehead atoms. The van der Waals surface area contributed by atoms with Crippen molar-refractivity contribution in [3.05, 3.63) is 0 Å². The molecule has 1 unspecified atom stereocenters. The zero-order chi connectivity index (χ0) is 12.2. The summed E-state index contributed by atoms with van der Waals surface area (Å²) in [5, 5.41) is 2.75. The number of nitrogens with zero attached hydrogens (tertiary/aromatic N) is 1. The number of amides is 2. The van der Waals surface area contributed by atoms with E-state index in [0.717, 1.165) is 12.8 Å². The molecule has 94 valence electrons. The van der Waals surface area contributed by atoms with Crippen LogP contribution in [0.4, 0.5) is 4.79 Å². The standard InChI is InChI=1S/C10H20N2O3S/c1-3-4-6-12(2)10(13)11-9-5-7-16(14,15)8-9/h9H,3-8H2,1-2H3,(H,11,13). The molecule has 1 rings (SSSR count). The van der Waals surface area contributed by atoms with E-state index in [2.05, 4.69) is 12.2 Å². The Morgan fingerprint density at radius 3 is 2.69 bits per heavy atom. The minimum Gasteiger partial charge on any atom is -0.334 e. The molecule has 0 aromatic carbocycles. The van der Waals surface area contributed by atoms with Crippen molar-refractivity contribution in [3.8, 4) is 0 Å². The van der Waals surface area contributed by atoms with E-state index in [1.165, 1.54) is 0 Å². The van der Waals surface area contributed by atoms with Crippen LogP contribution in [0.25, 0.3) is 0 Å². The van der Waals surface area contributed by atoms with Crippen LogP contribution in [0.1, 0.15) is 26.2 Å². The molecule has 0 aliphatic carbocycles. The van der Waals surface area contributed by atoms with E-state index < -0.39 is 9.84 Å². The van der Waals surface area contributed by atoms with E-state index >= 15 is 0 Å². The van der Waals surface area contributed by atoms with E-state index in [9.17, 15) is 13.2 Å². The molecule has 1 fully saturated rings. The normalized spacial score (nSPS) is 23.0. The topological polar surface area (TPSA) is 66.5 Å². The summed E-state index contributed by atoms with van der Waals surface area (Å²) >= 11 is 0. The number of rotatable bonds is 4. The lowest BCUT2D eigenvalue weighted by Gasteiger charge is -2.20. The molecule has 2 amide bonds. The molecule has 6 heteroatoms. The molecule has 1 heterocycles. The first kappa shape index (κ1) is 13.3. The van der Waals surface area contributed by atoms with Crippen LogP contribution in [0, 0.1) is 0 Å². The summed E-state index contributed by atoms with van der Waals surface area (Å²) in [5.41, 5.74) is 0. The highest BCUT2D eigenvalue weighted by atomic mass is 32.2. The second kappa shape index (κ2) is 5.52. The SMILES string of the molecule is CCCCN(C)C(=O)NC1CCS(=O)(=O)C1. The largest absolute Gasteiger partial charge is 0.334 e. The molecule has 0 spiro atoms. The van der Waals surface area contributed by atoms with Gasteiger partial charge in [0.2, 0.25) is 0 Å². The van der Waals surface area contributed by atoms with Crippen molar-refractivity contribution in [2.45, 2.75) is 32.2 Å². The van der Waals surface area contributed by atoms with Crippen molar-refractivity contribution < 1.29 is 13.2 Å². The average molecular weight is 248 g/mol. The van der Waals surface area contributed by atoms with Crippen molar-refractivity contribution in [2.75, 3.05) is 25.1 Å². The number of nitrogens with one attached hydrogen (secondary N) is 1. The lowest BCUT2D eigenvalue weighted by Crippen LogP contribution is -2.43. The summed E-state index contributed by atoms with van der Waals surface area (Å²) in [6.45, 7) is 2.77. The number of sulfone groups is 1. The van der Waals surface area contributed by atoms with Crippen LogP contribution in [0.3, 0.4) is 0 Å². The van der Waals surface area contributed by atoms with Gasteiger partial charge in [0.25, 0.3) is 0 Å². The number of hydrogen-bond acceptors (Lipinski definition) is 3. The predicted octanol–water partition coefficient (Wildman–Crippen LogP) is 0.615. The summed E-state index contributed by atoms with van der Waals surface area (Å²) in [6, 6.07) is -0.378. The summed E-state index contributed by atoms with van der Waals surface area (Å²) in [5.74, 6) is 0.275. The van der Waals surface area contributed by atoms with Gasteiger partial charge in [-0.1, -0.05) is 13.3 Å². The zero-order valence-electron chi connectivity index (χ0n) is 9.90. The van der Waals surface area contributed by atoms with Crippen LogP contribution in [-0.2, 0) is 9.84 Å². The Bertz CT molecular complexity index is 340. The molecule has 16 heavy (non-hydrogen) atoms. The molecular formula is C10H20N2O3S. The van der Waals surface area contributed by atoms with Gasteiger partial charge in [0.15, 0.2) is 9.84 Å². The maximum Gasteiger partial charge on any atom is 0.317 e. The minimum atomic E-state index is -2.92. The lowest BCUT2D eigenvalue weighted by atomic mass is 10.3. The maximum absolute atomic E-state index is 11.6. The smallest absolute Gasteiger partial charge is 0.317 e. The molecule has 0 radical (unpaired) electrons. The van der Waals surface area contributed by atoms with Crippen molar-refractivity contribution in [1.82, 2.24) is 10.2 Å². The molecule has 0 aromatic heterocycles. The predicted molar refractivity (Wildman–Crippen MR) is 63.1 cm³/mol. The number of carbonyl (C=O) groups excluding carboxylic acids is 1. The van der Waals surface area contributed by atoms with Gasteiger partial charge in [-0.05, 0) is 12.8 Å². The summed E-state index contributed by atoms with van der Waals surface area (Å²) in [4.78, 5) is 13.2. The molecule has 1 aliphatic heterocycles. The average Bonchev–Trinajstić information content (AvgIpc) is 2.54. The second-order valence-electron chi connectivity index (χ2n) is 4.32. The van der Waals surface area contributed by atoms with E-state index in [-0.39, 0.29) is 23.6 Å². The molecule has 5 nitrogen and oxygen atoms in total. The van der Waals surface area contributed by atoms with Gasteiger partial charge >= 0.3 is 6.03 Å². The third-order valence-electron chi connectivity index (χ3n) is 2.75. The van der Waals surface area contributed by atoms with Gasteiger partial charge in [-0.2, -0.15) is 0 Å². The zero-order valence-corrected chi connectivity index (χ0v) is 10.7. The summed E-state index contributed by atoms with van der Waals surface area (Å²) in [7, 11) is -1.19. The fourth-order valence-electron chi connectivity index (χ4n) is 1.69. The van der Waals surface area contributed by atoms with Crippen LogP contribution in [-0.4, -0.2) is 50.5 Å². The molecule has 1 N–H and O–H groups in total. The van der Waals surface area contributed by atoms with Crippen LogP contribution < -0.4 is 5.32 Å². The highest BCUT2D eigenvalue weighted by Crippen LogP contribution is 2.11. The van der Waals surface area contributed by atoms with Gasteiger partial charge in [-0.15, -0.1) is 0 Å². The van der Waals surface area contributed by atoms with Crippen molar-refractivity contribution in [2.24, 2.45) is 0 Å². The first-order valence-corrected chi connectivity index (χ1v) is 7.49. The number of hydrogen-bond donors (Lipinski definition) is 1. The Kier molecular flexibility index (Phi) is 4.58. The van der Waals surface area contributed by atoms with Crippen LogP contribution in [0.15, 0.2) is 0 Å². The maximum atomic E-state index is 11.6.